The van der Waals surface area contributed by atoms with E-state index in [9.17, 15) is 4.79 Å². The highest BCUT2D eigenvalue weighted by Gasteiger charge is 2.36. The Kier molecular flexibility index (Phi) is 5.16. The molecule has 1 aliphatic rings. The fraction of sp³-hybridized carbons (Fsp3) is 0.350. The van der Waals surface area contributed by atoms with E-state index >= 15 is 0 Å². The lowest BCUT2D eigenvalue weighted by atomic mass is 10.1. The monoisotopic (exact) mass is 325 g/mol. The molecule has 2 unspecified atom stereocenters. The van der Waals surface area contributed by atoms with Gasteiger partial charge in [0, 0.05) is 25.6 Å². The van der Waals surface area contributed by atoms with Crippen LogP contribution in [0.25, 0.3) is 6.08 Å². The fourth-order valence-corrected chi connectivity index (χ4v) is 2.80. The molecule has 1 aromatic carbocycles. The Hall–Kier alpha value is -2.33. The van der Waals surface area contributed by atoms with Crippen LogP contribution in [0.15, 0.2) is 46.9 Å². The van der Waals surface area contributed by atoms with Crippen LogP contribution < -0.4 is 5.32 Å². The molecule has 0 spiro atoms. The van der Waals surface area contributed by atoms with Gasteiger partial charge in [0.1, 0.15) is 11.5 Å². The number of methoxy groups -OCH3 is 1. The fourth-order valence-electron chi connectivity index (χ4n) is 2.80. The van der Waals surface area contributed by atoms with Gasteiger partial charge in [-0.05, 0) is 41.7 Å². The van der Waals surface area contributed by atoms with Crippen LogP contribution in [0.3, 0.4) is 0 Å². The summed E-state index contributed by atoms with van der Waals surface area (Å²) in [6, 6.07) is 11.8. The van der Waals surface area contributed by atoms with Gasteiger partial charge in [-0.1, -0.05) is 31.2 Å². The highest BCUT2D eigenvalue weighted by Crippen LogP contribution is 2.47. The molecule has 4 heteroatoms. The summed E-state index contributed by atoms with van der Waals surface area (Å²) in [5.74, 6) is 2.87. The minimum atomic E-state index is -0.139. The number of hydrogen-bond acceptors (Lipinski definition) is 3. The SMILES string of the molecule is COCc1ccccc1CNC(=O)/C=C/c1ccc(C2CC2C)o1. The maximum absolute atomic E-state index is 12.0. The van der Waals surface area contributed by atoms with Gasteiger partial charge in [-0.3, -0.25) is 4.79 Å². The van der Waals surface area contributed by atoms with Crippen molar-refractivity contribution in [2.75, 3.05) is 7.11 Å². The number of benzene rings is 1. The van der Waals surface area contributed by atoms with E-state index in [0.717, 1.165) is 22.6 Å². The Morgan fingerprint density at radius 3 is 2.75 bits per heavy atom. The molecule has 0 saturated heterocycles. The molecule has 1 saturated carbocycles. The molecule has 2 aromatic rings. The number of furan rings is 1. The third kappa shape index (κ3) is 4.15. The van der Waals surface area contributed by atoms with Crippen molar-refractivity contribution in [1.82, 2.24) is 5.32 Å². The quantitative estimate of drug-likeness (QED) is 0.786. The number of amides is 1. The maximum Gasteiger partial charge on any atom is 0.244 e. The summed E-state index contributed by atoms with van der Waals surface area (Å²) >= 11 is 0. The summed E-state index contributed by atoms with van der Waals surface area (Å²) in [5.41, 5.74) is 2.14. The summed E-state index contributed by atoms with van der Waals surface area (Å²) in [6.45, 7) is 3.24. The highest BCUT2D eigenvalue weighted by atomic mass is 16.5. The summed E-state index contributed by atoms with van der Waals surface area (Å²) in [7, 11) is 1.66. The molecular formula is C20H23NO3. The molecule has 0 aliphatic heterocycles. The van der Waals surface area contributed by atoms with Gasteiger partial charge in [0.2, 0.25) is 5.91 Å². The molecule has 1 N–H and O–H groups in total. The lowest BCUT2D eigenvalue weighted by Crippen LogP contribution is -2.21. The van der Waals surface area contributed by atoms with Crippen molar-refractivity contribution in [2.45, 2.75) is 32.4 Å². The van der Waals surface area contributed by atoms with Crippen molar-refractivity contribution in [1.29, 1.82) is 0 Å². The second-order valence-corrected chi connectivity index (χ2v) is 6.31. The van der Waals surface area contributed by atoms with Crippen molar-refractivity contribution >= 4 is 12.0 Å². The molecule has 1 aromatic heterocycles. The summed E-state index contributed by atoms with van der Waals surface area (Å²) in [4.78, 5) is 12.0. The first kappa shape index (κ1) is 16.5. The minimum absolute atomic E-state index is 0.139. The first-order valence-electron chi connectivity index (χ1n) is 8.28. The van der Waals surface area contributed by atoms with Crippen molar-refractivity contribution in [3.63, 3.8) is 0 Å². The first-order chi connectivity index (χ1) is 11.7. The van der Waals surface area contributed by atoms with Crippen LogP contribution in [0, 0.1) is 5.92 Å². The number of ether oxygens (including phenoxy) is 1. The van der Waals surface area contributed by atoms with E-state index in [4.69, 9.17) is 9.15 Å². The number of carbonyl (C=O) groups is 1. The van der Waals surface area contributed by atoms with E-state index in [1.807, 2.05) is 36.4 Å². The molecule has 2 atom stereocenters. The molecule has 1 fully saturated rings. The van der Waals surface area contributed by atoms with Crippen molar-refractivity contribution < 1.29 is 13.9 Å². The van der Waals surface area contributed by atoms with Crippen LogP contribution in [0.5, 0.6) is 0 Å². The predicted molar refractivity (Wildman–Crippen MR) is 93.3 cm³/mol. The zero-order valence-electron chi connectivity index (χ0n) is 14.1. The second kappa shape index (κ2) is 7.49. The van der Waals surface area contributed by atoms with Crippen LogP contribution in [0.1, 0.15) is 41.9 Å². The van der Waals surface area contributed by atoms with Gasteiger partial charge in [-0.25, -0.2) is 0 Å². The summed E-state index contributed by atoms with van der Waals surface area (Å²) in [6.07, 6.45) is 4.42. The number of carbonyl (C=O) groups excluding carboxylic acids is 1. The lowest BCUT2D eigenvalue weighted by molar-refractivity contribution is -0.116. The standard InChI is InChI=1S/C20H23NO3/c1-14-11-18(14)19-9-7-17(24-19)8-10-20(22)21-12-15-5-3-4-6-16(15)13-23-2/h3-10,14,18H,11-13H2,1-2H3,(H,21,22)/b10-8+. The molecule has 4 nitrogen and oxygen atoms in total. The maximum atomic E-state index is 12.0. The molecule has 0 bridgehead atoms. The van der Waals surface area contributed by atoms with Gasteiger partial charge in [0.25, 0.3) is 0 Å². The zero-order chi connectivity index (χ0) is 16.9. The molecule has 1 heterocycles. The van der Waals surface area contributed by atoms with Crippen LogP contribution in [-0.4, -0.2) is 13.0 Å². The summed E-state index contributed by atoms with van der Waals surface area (Å²) in [5, 5.41) is 2.89. The van der Waals surface area contributed by atoms with E-state index in [2.05, 4.69) is 12.2 Å². The highest BCUT2D eigenvalue weighted by molar-refractivity contribution is 5.91. The average Bonchev–Trinajstić information content (AvgIpc) is 3.13. The van der Waals surface area contributed by atoms with E-state index in [-0.39, 0.29) is 5.91 Å². The van der Waals surface area contributed by atoms with Crippen LogP contribution in [-0.2, 0) is 22.7 Å². The number of hydrogen-bond donors (Lipinski definition) is 1. The topological polar surface area (TPSA) is 51.5 Å². The van der Waals surface area contributed by atoms with Gasteiger partial charge in [-0.15, -0.1) is 0 Å². The smallest absolute Gasteiger partial charge is 0.244 e. The Labute approximate surface area is 142 Å². The van der Waals surface area contributed by atoms with Gasteiger partial charge in [0.15, 0.2) is 0 Å². The van der Waals surface area contributed by atoms with E-state index < -0.39 is 0 Å². The Balaban J connectivity index is 1.53. The number of nitrogens with one attached hydrogen (secondary N) is 1. The lowest BCUT2D eigenvalue weighted by Gasteiger charge is -2.08. The zero-order valence-corrected chi connectivity index (χ0v) is 14.1. The Morgan fingerprint density at radius 2 is 2.04 bits per heavy atom. The molecule has 0 radical (unpaired) electrons. The van der Waals surface area contributed by atoms with E-state index in [1.54, 1.807) is 13.2 Å². The second-order valence-electron chi connectivity index (χ2n) is 6.31. The first-order valence-corrected chi connectivity index (χ1v) is 8.28. The molecule has 1 amide bonds. The van der Waals surface area contributed by atoms with Crippen LogP contribution in [0.4, 0.5) is 0 Å². The van der Waals surface area contributed by atoms with Gasteiger partial charge in [-0.2, -0.15) is 0 Å². The van der Waals surface area contributed by atoms with Gasteiger partial charge in [0.05, 0.1) is 6.61 Å². The normalized spacial score (nSPS) is 19.6. The Morgan fingerprint density at radius 1 is 1.29 bits per heavy atom. The van der Waals surface area contributed by atoms with Crippen LogP contribution in [0.2, 0.25) is 0 Å². The van der Waals surface area contributed by atoms with Crippen LogP contribution >= 0.6 is 0 Å². The molecule has 1 aliphatic carbocycles. The van der Waals surface area contributed by atoms with Crippen molar-refractivity contribution in [3.05, 3.63) is 65.1 Å². The average molecular weight is 325 g/mol. The molecule has 126 valence electrons. The van der Waals surface area contributed by atoms with E-state index in [1.165, 1.54) is 12.5 Å². The van der Waals surface area contributed by atoms with Crippen molar-refractivity contribution in [3.8, 4) is 0 Å². The third-order valence-corrected chi connectivity index (χ3v) is 4.39. The summed E-state index contributed by atoms with van der Waals surface area (Å²) < 4.78 is 10.9. The van der Waals surface area contributed by atoms with Gasteiger partial charge >= 0.3 is 0 Å². The largest absolute Gasteiger partial charge is 0.461 e. The predicted octanol–water partition coefficient (Wildman–Crippen LogP) is 3.88. The molecule has 3 rings (SSSR count). The molecular weight excluding hydrogens is 302 g/mol. The van der Waals surface area contributed by atoms with E-state index in [0.29, 0.717) is 25.0 Å². The third-order valence-electron chi connectivity index (χ3n) is 4.39. The molecule has 24 heavy (non-hydrogen) atoms. The Bertz CT molecular complexity index is 732. The van der Waals surface area contributed by atoms with Gasteiger partial charge < -0.3 is 14.5 Å². The number of rotatable bonds is 7. The van der Waals surface area contributed by atoms with Crippen molar-refractivity contribution in [2.24, 2.45) is 5.92 Å². The minimum Gasteiger partial charge on any atom is -0.461 e.